The zero-order chi connectivity index (χ0) is 26.4. The van der Waals surface area contributed by atoms with E-state index in [1.807, 2.05) is 38.1 Å². The first-order valence-electron chi connectivity index (χ1n) is 13.5. The molecule has 0 unspecified atom stereocenters. The molecule has 0 aromatic heterocycles. The number of hydrogen-bond donors (Lipinski definition) is 1. The Labute approximate surface area is 219 Å². The first kappa shape index (κ1) is 26.6. The van der Waals surface area contributed by atoms with Crippen LogP contribution in [0.5, 0.6) is 0 Å². The molecule has 196 valence electrons. The highest BCUT2D eigenvalue weighted by molar-refractivity contribution is 6.21. The molecule has 4 rings (SSSR count). The highest BCUT2D eigenvalue weighted by Crippen LogP contribution is 2.23. The number of fused-ring (bicyclic) bond motifs is 1. The molecule has 0 spiro atoms. The molecule has 0 saturated heterocycles. The number of carbonyl (C=O) groups excluding carboxylic acids is 4. The monoisotopic (exact) mass is 503 g/mol. The number of nitrogens with zero attached hydrogens (tertiary/aromatic N) is 2. The predicted octanol–water partition coefficient (Wildman–Crippen LogP) is 4.63. The van der Waals surface area contributed by atoms with Crippen molar-refractivity contribution >= 4 is 23.6 Å². The number of aryl methyl sites for hydroxylation is 1. The lowest BCUT2D eigenvalue weighted by Crippen LogP contribution is -2.51. The van der Waals surface area contributed by atoms with Crippen molar-refractivity contribution in [3.05, 3.63) is 70.8 Å². The SMILES string of the molecule is CC[C@@H](C(=O)NC1CCCCC1)N(Cc1ccc(C)cc1)C(=O)CCCN1C(=O)c2ccccc2C1=O. The number of carbonyl (C=O) groups is 4. The molecular weight excluding hydrogens is 466 g/mol. The van der Waals surface area contributed by atoms with Gasteiger partial charge in [-0.15, -0.1) is 0 Å². The van der Waals surface area contributed by atoms with E-state index in [9.17, 15) is 19.2 Å². The van der Waals surface area contributed by atoms with Crippen molar-refractivity contribution in [3.8, 4) is 0 Å². The van der Waals surface area contributed by atoms with Crippen LogP contribution in [0.4, 0.5) is 0 Å². The molecule has 1 atom stereocenters. The van der Waals surface area contributed by atoms with Crippen molar-refractivity contribution in [2.45, 2.75) is 83.8 Å². The second-order valence-electron chi connectivity index (χ2n) is 10.2. The standard InChI is InChI=1S/C30H37N3O4/c1-3-26(28(35)31-23-10-5-4-6-11-23)33(20-22-17-15-21(2)16-18-22)27(34)14-9-19-32-29(36)24-12-7-8-13-25(24)30(32)37/h7-8,12-13,15-18,23,26H,3-6,9-11,14,19-20H2,1-2H3,(H,31,35)/t26-/m0/s1. The highest BCUT2D eigenvalue weighted by Gasteiger charge is 2.35. The molecule has 0 radical (unpaired) electrons. The largest absolute Gasteiger partial charge is 0.352 e. The summed E-state index contributed by atoms with van der Waals surface area (Å²) in [5, 5.41) is 3.19. The summed E-state index contributed by atoms with van der Waals surface area (Å²) in [6.07, 6.45) is 6.39. The Morgan fingerprint density at radius 3 is 2.19 bits per heavy atom. The molecule has 2 aliphatic rings. The molecule has 0 bridgehead atoms. The maximum absolute atomic E-state index is 13.5. The summed E-state index contributed by atoms with van der Waals surface area (Å²) in [5.74, 6) is -0.885. The highest BCUT2D eigenvalue weighted by atomic mass is 16.2. The van der Waals surface area contributed by atoms with Crippen LogP contribution >= 0.6 is 0 Å². The molecule has 7 nitrogen and oxygen atoms in total. The summed E-state index contributed by atoms with van der Waals surface area (Å²) < 4.78 is 0. The second kappa shape index (κ2) is 12.2. The van der Waals surface area contributed by atoms with Crippen molar-refractivity contribution in [2.24, 2.45) is 0 Å². The third-order valence-electron chi connectivity index (χ3n) is 7.46. The normalized spacial score (nSPS) is 16.4. The van der Waals surface area contributed by atoms with Crippen LogP contribution in [0.3, 0.4) is 0 Å². The number of rotatable bonds is 10. The Morgan fingerprint density at radius 2 is 1.59 bits per heavy atom. The van der Waals surface area contributed by atoms with Gasteiger partial charge in [-0.05, 0) is 50.3 Å². The van der Waals surface area contributed by atoms with E-state index in [4.69, 9.17) is 0 Å². The molecule has 1 aliphatic carbocycles. The van der Waals surface area contributed by atoms with Crippen LogP contribution < -0.4 is 5.32 Å². The van der Waals surface area contributed by atoms with Crippen LogP contribution in [-0.2, 0) is 16.1 Å². The van der Waals surface area contributed by atoms with Crippen molar-refractivity contribution in [3.63, 3.8) is 0 Å². The van der Waals surface area contributed by atoms with Crippen LogP contribution in [0.1, 0.15) is 90.1 Å². The van der Waals surface area contributed by atoms with E-state index in [-0.39, 0.29) is 42.6 Å². The van der Waals surface area contributed by atoms with Gasteiger partial charge in [0.05, 0.1) is 11.1 Å². The van der Waals surface area contributed by atoms with Gasteiger partial charge in [-0.3, -0.25) is 24.1 Å². The van der Waals surface area contributed by atoms with Crippen LogP contribution in [0.2, 0.25) is 0 Å². The third-order valence-corrected chi connectivity index (χ3v) is 7.46. The number of nitrogens with one attached hydrogen (secondary N) is 1. The first-order chi connectivity index (χ1) is 17.9. The van der Waals surface area contributed by atoms with E-state index in [2.05, 4.69) is 5.32 Å². The van der Waals surface area contributed by atoms with Gasteiger partial charge >= 0.3 is 0 Å². The Hall–Kier alpha value is -3.48. The molecule has 7 heteroatoms. The maximum Gasteiger partial charge on any atom is 0.261 e. The molecule has 1 saturated carbocycles. The van der Waals surface area contributed by atoms with Crippen LogP contribution in [0.25, 0.3) is 0 Å². The predicted molar refractivity (Wildman–Crippen MR) is 142 cm³/mol. The molecule has 2 aromatic rings. The van der Waals surface area contributed by atoms with Crippen LogP contribution in [0, 0.1) is 6.92 Å². The van der Waals surface area contributed by atoms with Gasteiger partial charge in [-0.25, -0.2) is 0 Å². The lowest BCUT2D eigenvalue weighted by atomic mass is 9.95. The van der Waals surface area contributed by atoms with E-state index in [1.165, 1.54) is 11.3 Å². The Bertz CT molecular complexity index is 1100. The summed E-state index contributed by atoms with van der Waals surface area (Å²) in [6.45, 7) is 4.45. The minimum atomic E-state index is -0.574. The number of amides is 4. The smallest absolute Gasteiger partial charge is 0.261 e. The Morgan fingerprint density at radius 1 is 0.973 bits per heavy atom. The number of benzene rings is 2. The van der Waals surface area contributed by atoms with E-state index in [0.717, 1.165) is 36.8 Å². The van der Waals surface area contributed by atoms with Gasteiger partial charge in [0.25, 0.3) is 11.8 Å². The fraction of sp³-hybridized carbons (Fsp3) is 0.467. The maximum atomic E-state index is 13.5. The zero-order valence-electron chi connectivity index (χ0n) is 21.9. The summed E-state index contributed by atoms with van der Waals surface area (Å²) in [7, 11) is 0. The van der Waals surface area contributed by atoms with Gasteiger partial charge in [0.2, 0.25) is 11.8 Å². The third kappa shape index (κ3) is 6.27. The van der Waals surface area contributed by atoms with Gasteiger partial charge in [0.1, 0.15) is 6.04 Å². The topological polar surface area (TPSA) is 86.8 Å². The molecule has 37 heavy (non-hydrogen) atoms. The lowest BCUT2D eigenvalue weighted by Gasteiger charge is -2.33. The van der Waals surface area contributed by atoms with Crippen molar-refractivity contribution in [1.82, 2.24) is 15.1 Å². The first-order valence-corrected chi connectivity index (χ1v) is 13.5. The Kier molecular flexibility index (Phi) is 8.74. The fourth-order valence-electron chi connectivity index (χ4n) is 5.33. The van der Waals surface area contributed by atoms with Gasteiger partial charge in [-0.2, -0.15) is 0 Å². The molecule has 1 heterocycles. The van der Waals surface area contributed by atoms with Gasteiger partial charge in [-0.1, -0.05) is 68.1 Å². The fourth-order valence-corrected chi connectivity index (χ4v) is 5.33. The molecule has 1 N–H and O–H groups in total. The summed E-state index contributed by atoms with van der Waals surface area (Å²) in [5.41, 5.74) is 2.91. The lowest BCUT2D eigenvalue weighted by molar-refractivity contribution is -0.142. The summed E-state index contributed by atoms with van der Waals surface area (Å²) >= 11 is 0. The Balaban J connectivity index is 1.43. The van der Waals surface area contributed by atoms with E-state index in [0.29, 0.717) is 30.5 Å². The van der Waals surface area contributed by atoms with Crippen LogP contribution in [0.15, 0.2) is 48.5 Å². The molecular formula is C30H37N3O4. The molecule has 1 aliphatic heterocycles. The van der Waals surface area contributed by atoms with E-state index >= 15 is 0 Å². The number of imide groups is 1. The van der Waals surface area contributed by atoms with E-state index in [1.54, 1.807) is 29.2 Å². The molecule has 2 aromatic carbocycles. The zero-order valence-corrected chi connectivity index (χ0v) is 21.9. The van der Waals surface area contributed by atoms with Crippen molar-refractivity contribution in [1.29, 1.82) is 0 Å². The van der Waals surface area contributed by atoms with Gasteiger partial charge < -0.3 is 10.2 Å². The minimum Gasteiger partial charge on any atom is -0.352 e. The van der Waals surface area contributed by atoms with Gasteiger partial charge in [0, 0.05) is 25.6 Å². The molecule has 1 fully saturated rings. The molecule has 4 amide bonds. The van der Waals surface area contributed by atoms with Crippen molar-refractivity contribution < 1.29 is 19.2 Å². The summed E-state index contributed by atoms with van der Waals surface area (Å²) in [4.78, 5) is 55.1. The summed E-state index contributed by atoms with van der Waals surface area (Å²) in [6, 6.07) is 14.4. The average molecular weight is 504 g/mol. The minimum absolute atomic E-state index is 0.102. The average Bonchev–Trinajstić information content (AvgIpc) is 3.15. The second-order valence-corrected chi connectivity index (χ2v) is 10.2. The quantitative estimate of drug-likeness (QED) is 0.479. The van der Waals surface area contributed by atoms with Crippen LogP contribution in [-0.4, -0.2) is 52.1 Å². The van der Waals surface area contributed by atoms with Crippen molar-refractivity contribution in [2.75, 3.05) is 6.54 Å². The van der Waals surface area contributed by atoms with Gasteiger partial charge in [0.15, 0.2) is 0 Å². The number of hydrogen-bond acceptors (Lipinski definition) is 4. The van der Waals surface area contributed by atoms with E-state index < -0.39 is 6.04 Å².